The van der Waals surface area contributed by atoms with E-state index in [0.29, 0.717) is 17.2 Å². The Labute approximate surface area is 140 Å². The van der Waals surface area contributed by atoms with Crippen molar-refractivity contribution in [2.75, 3.05) is 12.5 Å². The van der Waals surface area contributed by atoms with Gasteiger partial charge in [-0.15, -0.1) is 23.5 Å². The van der Waals surface area contributed by atoms with Gasteiger partial charge in [-0.3, -0.25) is 4.79 Å². The summed E-state index contributed by atoms with van der Waals surface area (Å²) in [6.07, 6.45) is 6.26. The van der Waals surface area contributed by atoms with E-state index in [1.807, 2.05) is 24.6 Å². The maximum atomic E-state index is 12.7. The monoisotopic (exact) mass is 383 g/mol. The standard InChI is InChI=1S/C15H14BrNO2S2/c1-20-14-9(5-6-10(16)15(14)21-2)13(18)11-7-12(19-17-11)8-3-4-8/h5-8H,3-4H2,1-2H3. The summed E-state index contributed by atoms with van der Waals surface area (Å²) in [7, 11) is 0. The van der Waals surface area contributed by atoms with Crippen LogP contribution in [0.2, 0.25) is 0 Å². The molecule has 0 N–H and O–H groups in total. The highest BCUT2D eigenvalue weighted by molar-refractivity contribution is 9.10. The first kappa shape index (κ1) is 15.2. The van der Waals surface area contributed by atoms with E-state index in [1.165, 1.54) is 0 Å². The molecule has 3 nitrogen and oxygen atoms in total. The van der Waals surface area contributed by atoms with Gasteiger partial charge in [-0.1, -0.05) is 5.16 Å². The highest BCUT2D eigenvalue weighted by Crippen LogP contribution is 2.41. The molecular weight excluding hydrogens is 370 g/mol. The van der Waals surface area contributed by atoms with Gasteiger partial charge in [-0.2, -0.15) is 0 Å². The van der Waals surface area contributed by atoms with Crippen LogP contribution in [0, 0.1) is 0 Å². The molecule has 0 unspecified atom stereocenters. The Morgan fingerprint density at radius 1 is 1.29 bits per heavy atom. The van der Waals surface area contributed by atoms with Gasteiger partial charge in [0.1, 0.15) is 5.76 Å². The number of aromatic nitrogens is 1. The lowest BCUT2D eigenvalue weighted by molar-refractivity contribution is 0.102. The number of hydrogen-bond acceptors (Lipinski definition) is 5. The van der Waals surface area contributed by atoms with Gasteiger partial charge in [-0.25, -0.2) is 0 Å². The molecule has 0 saturated heterocycles. The molecule has 1 fully saturated rings. The minimum Gasteiger partial charge on any atom is -0.360 e. The zero-order valence-corrected chi connectivity index (χ0v) is 14.9. The van der Waals surface area contributed by atoms with E-state index in [4.69, 9.17) is 4.52 Å². The summed E-state index contributed by atoms with van der Waals surface area (Å²) in [6.45, 7) is 0. The van der Waals surface area contributed by atoms with E-state index in [2.05, 4.69) is 21.1 Å². The van der Waals surface area contributed by atoms with E-state index in [0.717, 1.165) is 32.9 Å². The van der Waals surface area contributed by atoms with Crippen LogP contribution in [0.25, 0.3) is 0 Å². The first-order valence-corrected chi connectivity index (χ1v) is 9.81. The van der Waals surface area contributed by atoms with Gasteiger partial charge in [0, 0.05) is 31.8 Å². The van der Waals surface area contributed by atoms with Crippen LogP contribution in [0.5, 0.6) is 0 Å². The molecule has 110 valence electrons. The molecule has 0 aliphatic heterocycles. The fourth-order valence-electron chi connectivity index (χ4n) is 2.20. The maximum absolute atomic E-state index is 12.7. The van der Waals surface area contributed by atoms with Gasteiger partial charge in [0.2, 0.25) is 5.78 Å². The topological polar surface area (TPSA) is 43.1 Å². The molecule has 0 radical (unpaired) electrons. The summed E-state index contributed by atoms with van der Waals surface area (Å²) in [5.74, 6) is 1.23. The molecule has 1 saturated carbocycles. The highest BCUT2D eigenvalue weighted by Gasteiger charge is 2.29. The Hall–Kier alpha value is -0.720. The van der Waals surface area contributed by atoms with Gasteiger partial charge in [0.05, 0.1) is 0 Å². The zero-order valence-electron chi connectivity index (χ0n) is 11.7. The van der Waals surface area contributed by atoms with Gasteiger partial charge in [0.25, 0.3) is 0 Å². The minimum absolute atomic E-state index is 0.0715. The molecule has 2 aromatic rings. The second-order valence-corrected chi connectivity index (χ2v) is 7.37. The van der Waals surface area contributed by atoms with Crippen molar-refractivity contribution in [2.45, 2.75) is 28.6 Å². The second-order valence-electron chi connectivity index (χ2n) is 4.88. The predicted molar refractivity (Wildman–Crippen MR) is 89.6 cm³/mol. The summed E-state index contributed by atoms with van der Waals surface area (Å²) < 4.78 is 6.30. The van der Waals surface area contributed by atoms with E-state index in [1.54, 1.807) is 29.6 Å². The van der Waals surface area contributed by atoms with Crippen molar-refractivity contribution in [3.63, 3.8) is 0 Å². The van der Waals surface area contributed by atoms with Crippen LogP contribution < -0.4 is 0 Å². The SMILES string of the molecule is CSc1c(Br)ccc(C(=O)c2cc(C3CC3)on2)c1SC. The lowest BCUT2D eigenvalue weighted by Crippen LogP contribution is -2.04. The van der Waals surface area contributed by atoms with Crippen molar-refractivity contribution in [1.82, 2.24) is 5.16 Å². The molecule has 1 aliphatic rings. The molecular formula is C15H14BrNO2S2. The van der Waals surface area contributed by atoms with E-state index >= 15 is 0 Å². The Morgan fingerprint density at radius 3 is 2.62 bits per heavy atom. The van der Waals surface area contributed by atoms with E-state index in [-0.39, 0.29) is 5.78 Å². The van der Waals surface area contributed by atoms with Crippen molar-refractivity contribution in [1.29, 1.82) is 0 Å². The fraction of sp³-hybridized carbons (Fsp3) is 0.333. The number of carbonyl (C=O) groups is 1. The fourth-order valence-corrected chi connectivity index (χ4v) is 4.89. The Morgan fingerprint density at radius 2 is 2.00 bits per heavy atom. The number of rotatable bonds is 5. The molecule has 1 aliphatic carbocycles. The third-order valence-corrected chi connectivity index (χ3v) is 6.17. The molecule has 21 heavy (non-hydrogen) atoms. The number of carbonyl (C=O) groups excluding carboxylic acids is 1. The summed E-state index contributed by atoms with van der Waals surface area (Å²) in [5.41, 5.74) is 1.09. The van der Waals surface area contributed by atoms with Gasteiger partial charge in [0.15, 0.2) is 5.69 Å². The largest absolute Gasteiger partial charge is 0.360 e. The number of benzene rings is 1. The maximum Gasteiger partial charge on any atom is 0.216 e. The van der Waals surface area contributed by atoms with E-state index in [9.17, 15) is 4.79 Å². The van der Waals surface area contributed by atoms with Crippen LogP contribution in [0.1, 0.15) is 40.6 Å². The second kappa shape index (κ2) is 6.18. The first-order valence-electron chi connectivity index (χ1n) is 6.57. The van der Waals surface area contributed by atoms with Gasteiger partial charge < -0.3 is 4.52 Å². The number of nitrogens with zero attached hydrogens (tertiary/aromatic N) is 1. The number of thioether (sulfide) groups is 2. The Bertz CT molecular complexity index is 695. The number of ketones is 1. The van der Waals surface area contributed by atoms with Crippen LogP contribution in [-0.4, -0.2) is 23.5 Å². The first-order chi connectivity index (χ1) is 10.2. The van der Waals surface area contributed by atoms with Gasteiger partial charge >= 0.3 is 0 Å². The van der Waals surface area contributed by atoms with Crippen molar-refractivity contribution in [2.24, 2.45) is 0 Å². The summed E-state index contributed by atoms with van der Waals surface area (Å²) >= 11 is 6.75. The smallest absolute Gasteiger partial charge is 0.216 e. The van der Waals surface area contributed by atoms with Crippen LogP contribution in [0.4, 0.5) is 0 Å². The van der Waals surface area contributed by atoms with Crippen LogP contribution in [0.3, 0.4) is 0 Å². The molecule has 1 heterocycles. The van der Waals surface area contributed by atoms with Crippen LogP contribution in [-0.2, 0) is 0 Å². The average Bonchev–Trinajstić information content (AvgIpc) is 3.23. The van der Waals surface area contributed by atoms with Crippen molar-refractivity contribution >= 4 is 45.2 Å². The molecule has 0 atom stereocenters. The normalized spacial score (nSPS) is 14.4. The van der Waals surface area contributed by atoms with Gasteiger partial charge in [-0.05, 0) is 53.4 Å². The Kier molecular flexibility index (Phi) is 4.47. The van der Waals surface area contributed by atoms with Crippen molar-refractivity contribution in [3.8, 4) is 0 Å². The summed E-state index contributed by atoms with van der Waals surface area (Å²) in [4.78, 5) is 14.8. The van der Waals surface area contributed by atoms with E-state index < -0.39 is 0 Å². The minimum atomic E-state index is -0.0715. The van der Waals surface area contributed by atoms with Crippen LogP contribution in [0.15, 0.2) is 37.0 Å². The molecule has 0 bridgehead atoms. The molecule has 0 spiro atoms. The molecule has 0 amide bonds. The van der Waals surface area contributed by atoms with Crippen molar-refractivity contribution < 1.29 is 9.32 Å². The van der Waals surface area contributed by atoms with Crippen molar-refractivity contribution in [3.05, 3.63) is 39.7 Å². The summed E-state index contributed by atoms with van der Waals surface area (Å²) in [6, 6.07) is 5.56. The zero-order chi connectivity index (χ0) is 15.0. The lowest BCUT2D eigenvalue weighted by Gasteiger charge is -2.11. The van der Waals surface area contributed by atoms with Crippen LogP contribution >= 0.6 is 39.5 Å². The molecule has 1 aromatic carbocycles. The number of halogens is 1. The quantitative estimate of drug-likeness (QED) is 0.537. The molecule has 3 rings (SSSR count). The molecule has 1 aromatic heterocycles. The predicted octanol–water partition coefficient (Wildman–Crippen LogP) is 4.99. The highest BCUT2D eigenvalue weighted by atomic mass is 79.9. The number of hydrogen-bond donors (Lipinski definition) is 0. The third-order valence-electron chi connectivity index (χ3n) is 3.46. The lowest BCUT2D eigenvalue weighted by atomic mass is 10.1. The molecule has 6 heteroatoms. The average molecular weight is 384 g/mol. The Balaban J connectivity index is 2.00. The third kappa shape index (κ3) is 2.94. The summed E-state index contributed by atoms with van der Waals surface area (Å²) in [5, 5.41) is 3.95.